The molecule has 0 unspecified atom stereocenters. The van der Waals surface area contributed by atoms with Gasteiger partial charge in [-0.2, -0.15) is 10.2 Å². The lowest BCUT2D eigenvalue weighted by molar-refractivity contribution is 0.0606. The number of esters is 1. The minimum absolute atomic E-state index is 0.329. The normalized spacial score (nSPS) is 11.0. The van der Waals surface area contributed by atoms with E-state index in [-0.39, 0.29) is 5.97 Å². The van der Waals surface area contributed by atoms with Crippen LogP contribution >= 0.6 is 34.4 Å². The summed E-state index contributed by atoms with van der Waals surface area (Å²) < 4.78 is 5.87. The molecule has 2 heterocycles. The molecule has 31 heavy (non-hydrogen) atoms. The third-order valence-electron chi connectivity index (χ3n) is 4.21. The topological polar surface area (TPSA) is 75.9 Å². The number of nitrogens with one attached hydrogen (secondary N) is 1. The average Bonchev–Trinajstić information content (AvgIpc) is 3.45. The minimum atomic E-state index is -0.329. The number of hydrogen-bond donors (Lipinski definition) is 1. The highest BCUT2D eigenvalue weighted by molar-refractivity contribution is 8.00. The summed E-state index contributed by atoms with van der Waals surface area (Å²) in [7, 11) is 1.39. The van der Waals surface area contributed by atoms with Crippen molar-refractivity contribution in [3.63, 3.8) is 0 Å². The molecular weight excluding hydrogens is 448 g/mol. The fraction of sp³-hybridized carbons (Fsp3) is 0.0909. The fourth-order valence-electron chi connectivity index (χ4n) is 2.71. The molecule has 9 heteroatoms. The van der Waals surface area contributed by atoms with Crippen molar-refractivity contribution >= 4 is 62.6 Å². The van der Waals surface area contributed by atoms with Gasteiger partial charge in [0, 0.05) is 16.6 Å². The number of rotatable bonds is 7. The first kappa shape index (κ1) is 21.2. The first-order valence-electron chi connectivity index (χ1n) is 9.22. The van der Waals surface area contributed by atoms with Crippen molar-refractivity contribution in [1.29, 1.82) is 0 Å². The highest BCUT2D eigenvalue weighted by Crippen LogP contribution is 2.39. The number of azo groups is 1. The van der Waals surface area contributed by atoms with Gasteiger partial charge in [-0.15, -0.1) is 34.4 Å². The van der Waals surface area contributed by atoms with Gasteiger partial charge in [-0.05, 0) is 48.7 Å². The van der Waals surface area contributed by atoms with Crippen LogP contribution in [0.25, 0.3) is 11.3 Å². The van der Waals surface area contributed by atoms with Crippen molar-refractivity contribution in [2.75, 3.05) is 18.7 Å². The molecule has 0 amide bonds. The molecule has 1 N–H and O–H groups in total. The lowest BCUT2D eigenvalue weighted by Gasteiger charge is -2.02. The molecule has 0 fully saturated rings. The molecule has 0 saturated carbocycles. The van der Waals surface area contributed by atoms with E-state index in [1.165, 1.54) is 29.8 Å². The molecule has 0 atom stereocenters. The predicted molar refractivity (Wildman–Crippen MR) is 129 cm³/mol. The van der Waals surface area contributed by atoms with Crippen LogP contribution in [0, 0.1) is 0 Å². The maximum Gasteiger partial charge on any atom is 0.348 e. The van der Waals surface area contributed by atoms with E-state index in [1.54, 1.807) is 11.8 Å². The number of aromatic nitrogens is 1. The summed E-state index contributed by atoms with van der Waals surface area (Å²) in [6.45, 7) is 0. The molecule has 0 aliphatic carbocycles. The minimum Gasteiger partial charge on any atom is -0.465 e. The standard InChI is InChI=1S/C22H18N4O2S3/c1-28-20(27)19-12-17(21(29-2)31-19)18-13-30-22(24-18)23-14-8-10-16(11-9-14)26-25-15-6-4-3-5-7-15/h3-13H,1-2H3,(H,23,24). The molecule has 0 radical (unpaired) electrons. The van der Waals surface area contributed by atoms with Crippen LogP contribution in [-0.4, -0.2) is 24.3 Å². The van der Waals surface area contributed by atoms with Crippen molar-refractivity contribution in [2.24, 2.45) is 10.2 Å². The summed E-state index contributed by atoms with van der Waals surface area (Å²) in [4.78, 5) is 17.1. The van der Waals surface area contributed by atoms with Gasteiger partial charge in [-0.1, -0.05) is 18.2 Å². The van der Waals surface area contributed by atoms with Gasteiger partial charge in [0.15, 0.2) is 5.13 Å². The second-order valence-electron chi connectivity index (χ2n) is 6.25. The van der Waals surface area contributed by atoms with Crippen molar-refractivity contribution in [2.45, 2.75) is 4.21 Å². The number of thiazole rings is 1. The van der Waals surface area contributed by atoms with Crippen molar-refractivity contribution in [1.82, 2.24) is 4.98 Å². The molecule has 0 saturated heterocycles. The van der Waals surface area contributed by atoms with E-state index in [1.807, 2.05) is 72.3 Å². The molecule has 4 aromatic rings. The highest BCUT2D eigenvalue weighted by atomic mass is 32.2. The van der Waals surface area contributed by atoms with Crippen molar-refractivity contribution in [3.05, 3.63) is 70.9 Å². The molecular formula is C22H18N4O2S3. The van der Waals surface area contributed by atoms with Crippen LogP contribution in [0.15, 0.2) is 80.5 Å². The van der Waals surface area contributed by atoms with E-state index < -0.39 is 0 Å². The molecule has 2 aromatic heterocycles. The second-order valence-corrected chi connectivity index (χ2v) is 9.24. The maximum atomic E-state index is 11.9. The third-order valence-corrected chi connectivity index (χ3v) is 7.21. The van der Waals surface area contributed by atoms with Gasteiger partial charge in [0.25, 0.3) is 0 Å². The summed E-state index contributed by atoms with van der Waals surface area (Å²) in [5.41, 5.74) is 4.27. The maximum absolute atomic E-state index is 11.9. The number of thiophene rings is 1. The second kappa shape index (κ2) is 9.86. The van der Waals surface area contributed by atoms with Gasteiger partial charge in [-0.3, -0.25) is 0 Å². The van der Waals surface area contributed by atoms with E-state index in [0.29, 0.717) is 4.88 Å². The number of carbonyl (C=O) groups is 1. The van der Waals surface area contributed by atoms with Gasteiger partial charge in [0.05, 0.1) is 28.4 Å². The number of anilines is 2. The van der Waals surface area contributed by atoms with Crippen molar-refractivity contribution in [3.8, 4) is 11.3 Å². The SMILES string of the molecule is COC(=O)c1cc(-c2csc(Nc3ccc(N=Nc4ccccc4)cc3)n2)c(SC)s1. The zero-order valence-corrected chi connectivity index (χ0v) is 19.2. The number of benzene rings is 2. The van der Waals surface area contributed by atoms with E-state index in [4.69, 9.17) is 4.74 Å². The average molecular weight is 467 g/mol. The Balaban J connectivity index is 1.46. The summed E-state index contributed by atoms with van der Waals surface area (Å²) >= 11 is 4.52. The largest absolute Gasteiger partial charge is 0.465 e. The third kappa shape index (κ3) is 5.19. The van der Waals surface area contributed by atoms with Gasteiger partial charge in [-0.25, -0.2) is 9.78 Å². The van der Waals surface area contributed by atoms with Crippen LogP contribution < -0.4 is 5.32 Å². The Morgan fingerprint density at radius 3 is 2.45 bits per heavy atom. The predicted octanol–water partition coefficient (Wildman–Crippen LogP) is 7.54. The Morgan fingerprint density at radius 2 is 1.77 bits per heavy atom. The molecule has 6 nitrogen and oxygen atoms in total. The van der Waals surface area contributed by atoms with Crippen molar-refractivity contribution < 1.29 is 9.53 Å². The summed E-state index contributed by atoms with van der Waals surface area (Å²) in [6, 6.07) is 19.1. The molecule has 0 spiro atoms. The molecule has 0 bridgehead atoms. The zero-order valence-electron chi connectivity index (χ0n) is 16.7. The number of carbonyl (C=O) groups excluding carboxylic acids is 1. The van der Waals surface area contributed by atoms with Crippen LogP contribution in [0.1, 0.15) is 9.67 Å². The van der Waals surface area contributed by atoms with Gasteiger partial charge in [0.1, 0.15) is 4.88 Å². The summed E-state index contributed by atoms with van der Waals surface area (Å²) in [5, 5.41) is 14.5. The lowest BCUT2D eigenvalue weighted by Crippen LogP contribution is -1.96. The van der Waals surface area contributed by atoms with Crippen LogP contribution in [0.4, 0.5) is 22.2 Å². The Morgan fingerprint density at radius 1 is 1.06 bits per heavy atom. The number of nitrogens with zero attached hydrogens (tertiary/aromatic N) is 3. The Kier molecular flexibility index (Phi) is 6.76. The van der Waals surface area contributed by atoms with Crippen LogP contribution in [0.5, 0.6) is 0 Å². The number of thioether (sulfide) groups is 1. The van der Waals surface area contributed by atoms with Crippen LogP contribution in [0.2, 0.25) is 0 Å². The molecule has 156 valence electrons. The smallest absolute Gasteiger partial charge is 0.348 e. The van der Waals surface area contributed by atoms with Gasteiger partial charge >= 0.3 is 5.97 Å². The van der Waals surface area contributed by atoms with E-state index in [2.05, 4.69) is 20.5 Å². The van der Waals surface area contributed by atoms with E-state index >= 15 is 0 Å². The molecule has 2 aromatic carbocycles. The number of methoxy groups -OCH3 is 1. The Bertz CT molecular complexity index is 1200. The molecule has 0 aliphatic rings. The highest BCUT2D eigenvalue weighted by Gasteiger charge is 2.18. The first-order chi connectivity index (χ1) is 15.2. The van der Waals surface area contributed by atoms with E-state index in [9.17, 15) is 4.79 Å². The fourth-order valence-corrected chi connectivity index (χ4v) is 5.24. The van der Waals surface area contributed by atoms with Crippen LogP contribution in [0.3, 0.4) is 0 Å². The first-order valence-corrected chi connectivity index (χ1v) is 12.1. The van der Waals surface area contributed by atoms with Crippen LogP contribution in [-0.2, 0) is 4.74 Å². The quantitative estimate of drug-likeness (QED) is 0.173. The number of hydrogen-bond acceptors (Lipinski definition) is 9. The Labute approximate surface area is 192 Å². The number of ether oxygens (including phenoxy) is 1. The summed E-state index contributed by atoms with van der Waals surface area (Å²) in [6.07, 6.45) is 1.98. The van der Waals surface area contributed by atoms with Gasteiger partial charge < -0.3 is 10.1 Å². The van der Waals surface area contributed by atoms with Gasteiger partial charge in [0.2, 0.25) is 0 Å². The summed E-state index contributed by atoms with van der Waals surface area (Å²) in [5.74, 6) is -0.329. The molecule has 4 rings (SSSR count). The monoisotopic (exact) mass is 466 g/mol. The van der Waals surface area contributed by atoms with E-state index in [0.717, 1.165) is 37.7 Å². The zero-order chi connectivity index (χ0) is 21.6. The Hall–Kier alpha value is -3.01. The lowest BCUT2D eigenvalue weighted by atomic mass is 10.2. The molecule has 0 aliphatic heterocycles.